The van der Waals surface area contributed by atoms with Crippen molar-refractivity contribution in [1.29, 1.82) is 0 Å². The molecule has 0 saturated carbocycles. The number of esters is 4. The Kier molecular flexibility index (Phi) is 72.1. The first kappa shape index (κ1) is 97.0. The summed E-state index contributed by atoms with van der Waals surface area (Å²) in [6, 6.07) is 0. The third-order valence-electron chi connectivity index (χ3n) is 17.8. The number of phosphoric acid groups is 2. The third-order valence-corrected chi connectivity index (χ3v) is 19.7. The molecule has 0 saturated heterocycles. The normalized spacial score (nSPS) is 14.1. The summed E-state index contributed by atoms with van der Waals surface area (Å²) in [7, 11) is -9.94. The number of hydrogen-bond acceptors (Lipinski definition) is 15. The molecule has 0 rings (SSSR count). The Morgan fingerprint density at radius 2 is 0.490 bits per heavy atom. The Hall–Kier alpha value is -2.98. The van der Waals surface area contributed by atoms with Crippen molar-refractivity contribution in [3.05, 3.63) is 48.6 Å². The number of carbonyl (C=O) groups is 4. The van der Waals surface area contributed by atoms with Crippen LogP contribution in [0.2, 0.25) is 0 Å². The van der Waals surface area contributed by atoms with Gasteiger partial charge in [-0.1, -0.05) is 301 Å². The maximum Gasteiger partial charge on any atom is 0.472 e. The number of aliphatic hydroxyl groups is 1. The zero-order valence-corrected chi connectivity index (χ0v) is 65.9. The Morgan fingerprint density at radius 3 is 0.780 bits per heavy atom. The second-order valence-electron chi connectivity index (χ2n) is 27.7. The van der Waals surface area contributed by atoms with Crippen LogP contribution >= 0.6 is 15.6 Å². The molecule has 0 aliphatic carbocycles. The van der Waals surface area contributed by atoms with Crippen LogP contribution in [0, 0.1) is 0 Å². The van der Waals surface area contributed by atoms with Crippen LogP contribution in [-0.2, 0) is 65.4 Å². The number of ether oxygens (including phenoxy) is 4. The molecule has 0 aromatic heterocycles. The zero-order valence-electron chi connectivity index (χ0n) is 64.1. The summed E-state index contributed by atoms with van der Waals surface area (Å²) in [6.07, 6.45) is 72.2. The topological polar surface area (TPSA) is 237 Å². The van der Waals surface area contributed by atoms with Gasteiger partial charge < -0.3 is 33.8 Å². The van der Waals surface area contributed by atoms with Crippen molar-refractivity contribution in [3.8, 4) is 0 Å². The number of aliphatic hydroxyl groups excluding tert-OH is 1. The van der Waals surface area contributed by atoms with Crippen LogP contribution in [-0.4, -0.2) is 96.7 Å². The van der Waals surface area contributed by atoms with Crippen molar-refractivity contribution in [2.45, 2.75) is 406 Å². The van der Waals surface area contributed by atoms with Crippen LogP contribution in [0.25, 0.3) is 0 Å². The van der Waals surface area contributed by atoms with Crippen molar-refractivity contribution in [2.24, 2.45) is 0 Å². The average molecular weight is 1460 g/mol. The minimum Gasteiger partial charge on any atom is -0.462 e. The van der Waals surface area contributed by atoms with Gasteiger partial charge in [0.2, 0.25) is 0 Å². The number of rotatable bonds is 78. The summed E-state index contributed by atoms with van der Waals surface area (Å²) in [5.74, 6) is -2.16. The lowest BCUT2D eigenvalue weighted by Crippen LogP contribution is -2.30. The van der Waals surface area contributed by atoms with E-state index in [4.69, 9.17) is 37.0 Å². The molecule has 0 spiro atoms. The summed E-state index contributed by atoms with van der Waals surface area (Å²) in [4.78, 5) is 73.0. The van der Waals surface area contributed by atoms with Gasteiger partial charge in [-0.2, -0.15) is 0 Å². The third kappa shape index (κ3) is 73.3. The van der Waals surface area contributed by atoms with Gasteiger partial charge in [-0.25, -0.2) is 9.13 Å². The van der Waals surface area contributed by atoms with Crippen molar-refractivity contribution >= 4 is 39.5 Å². The van der Waals surface area contributed by atoms with Gasteiger partial charge in [0.05, 0.1) is 26.4 Å². The second kappa shape index (κ2) is 74.3. The summed E-state index contributed by atoms with van der Waals surface area (Å²) >= 11 is 0. The predicted octanol–water partition coefficient (Wildman–Crippen LogP) is 23.7. The molecule has 0 bridgehead atoms. The van der Waals surface area contributed by atoms with Gasteiger partial charge in [-0.3, -0.25) is 37.3 Å². The van der Waals surface area contributed by atoms with Crippen LogP contribution < -0.4 is 0 Å². The summed E-state index contributed by atoms with van der Waals surface area (Å²) in [5, 5.41) is 10.6. The average Bonchev–Trinajstić information content (AvgIpc) is 1.01. The lowest BCUT2D eigenvalue weighted by molar-refractivity contribution is -0.161. The molecule has 0 aliphatic rings. The van der Waals surface area contributed by atoms with Crippen LogP contribution in [0.1, 0.15) is 387 Å². The van der Waals surface area contributed by atoms with E-state index in [0.717, 1.165) is 161 Å². The zero-order chi connectivity index (χ0) is 73.2. The largest absolute Gasteiger partial charge is 0.472 e. The molecule has 0 amide bonds. The van der Waals surface area contributed by atoms with Gasteiger partial charge in [0, 0.05) is 25.7 Å². The summed E-state index contributed by atoms with van der Waals surface area (Å²) in [5.41, 5.74) is 0. The first-order valence-electron chi connectivity index (χ1n) is 40.9. The van der Waals surface area contributed by atoms with Crippen molar-refractivity contribution in [2.75, 3.05) is 39.6 Å². The molecule has 17 nitrogen and oxygen atoms in total. The monoisotopic (exact) mass is 1460 g/mol. The molecule has 0 aromatic rings. The highest BCUT2D eigenvalue weighted by Gasteiger charge is 2.30. The Morgan fingerprint density at radius 1 is 0.280 bits per heavy atom. The first-order chi connectivity index (χ1) is 48.7. The lowest BCUT2D eigenvalue weighted by Gasteiger charge is -2.21. The van der Waals surface area contributed by atoms with Crippen molar-refractivity contribution in [3.63, 3.8) is 0 Å². The molecule has 3 N–H and O–H groups in total. The van der Waals surface area contributed by atoms with Gasteiger partial charge >= 0.3 is 39.5 Å². The Bertz CT molecular complexity index is 2080. The van der Waals surface area contributed by atoms with Gasteiger partial charge in [0.25, 0.3) is 0 Å². The van der Waals surface area contributed by atoms with E-state index < -0.39 is 97.5 Å². The van der Waals surface area contributed by atoms with Gasteiger partial charge in [0.15, 0.2) is 12.2 Å². The number of phosphoric ester groups is 2. The minimum atomic E-state index is -4.97. The number of carbonyl (C=O) groups excluding carboxylic acids is 4. The van der Waals surface area contributed by atoms with Gasteiger partial charge in [0.1, 0.15) is 19.3 Å². The highest BCUT2D eigenvalue weighted by atomic mass is 31.2. The van der Waals surface area contributed by atoms with E-state index >= 15 is 0 Å². The maximum absolute atomic E-state index is 13.1. The van der Waals surface area contributed by atoms with Crippen LogP contribution in [0.4, 0.5) is 0 Å². The molecule has 586 valence electrons. The van der Waals surface area contributed by atoms with E-state index in [1.54, 1.807) is 0 Å². The van der Waals surface area contributed by atoms with E-state index in [1.807, 2.05) is 0 Å². The van der Waals surface area contributed by atoms with Crippen LogP contribution in [0.5, 0.6) is 0 Å². The Balaban J connectivity index is 5.33. The molecular weight excluding hydrogens is 1310 g/mol. The molecule has 0 fully saturated rings. The van der Waals surface area contributed by atoms with Crippen molar-refractivity contribution in [1.82, 2.24) is 0 Å². The SMILES string of the molecule is CCCCC/C=C\C/C=C\CCCCCCCC(=O)OC[C@H](COP(=O)(O)OC[C@@H](O)COP(=O)(O)OC[C@@H](COC(=O)CCCCCCC/C=C\CCCCCCCC)OC(=O)CCCCCCCCC/C=C\CCCCCC)OC(=O)CCCCCCCCCCCCCCCCC. The molecule has 0 aromatic carbocycles. The smallest absolute Gasteiger partial charge is 0.462 e. The van der Waals surface area contributed by atoms with Crippen molar-refractivity contribution < 1.29 is 80.2 Å². The lowest BCUT2D eigenvalue weighted by atomic mass is 10.0. The number of allylic oxidation sites excluding steroid dienone is 8. The maximum atomic E-state index is 13.1. The molecule has 0 aliphatic heterocycles. The standard InChI is InChI=1S/C81H150O17P2/c1-5-9-13-17-21-25-29-33-37-41-45-49-53-57-61-65-78(83)91-71-76(97-80(85)67-63-59-55-51-47-43-39-35-31-27-23-19-15-11-7-3)73-95-99(87,88)93-69-75(82)70-94-100(89,90)96-74-77(98-81(86)68-64-60-56-52-48-44-40-36-32-28-24-20-16-12-8-4)72-92-79(84)66-62-58-54-50-46-42-38-34-30-26-22-18-14-10-6-2/h21,25,28,32-34,37-38,75-77,82H,5-20,22-24,26-27,29-31,35-36,39-74H2,1-4H3,(H,87,88)(H,89,90)/b25-21-,32-28-,37-33-,38-34-/t75-,76-,77-/m1/s1. The van der Waals surface area contributed by atoms with Crippen LogP contribution in [0.3, 0.4) is 0 Å². The molecule has 2 unspecified atom stereocenters. The van der Waals surface area contributed by atoms with E-state index in [0.29, 0.717) is 25.7 Å². The fraction of sp³-hybridized carbons (Fsp3) is 0.852. The van der Waals surface area contributed by atoms with E-state index in [9.17, 15) is 43.2 Å². The molecule has 5 atom stereocenters. The predicted molar refractivity (Wildman–Crippen MR) is 409 cm³/mol. The molecule has 0 heterocycles. The molecule has 0 radical (unpaired) electrons. The number of hydrogen-bond donors (Lipinski definition) is 3. The summed E-state index contributed by atoms with van der Waals surface area (Å²) < 4.78 is 68.7. The highest BCUT2D eigenvalue weighted by molar-refractivity contribution is 7.47. The van der Waals surface area contributed by atoms with E-state index in [2.05, 4.69) is 76.3 Å². The highest BCUT2D eigenvalue weighted by Crippen LogP contribution is 2.45. The van der Waals surface area contributed by atoms with E-state index in [1.165, 1.54) is 148 Å². The molecule has 19 heteroatoms. The summed E-state index contributed by atoms with van der Waals surface area (Å²) in [6.45, 7) is 4.90. The number of unbranched alkanes of at least 4 members (excludes halogenated alkanes) is 44. The molecular formula is C81H150O17P2. The minimum absolute atomic E-state index is 0.0936. The quantitative estimate of drug-likeness (QED) is 0.0169. The van der Waals surface area contributed by atoms with Gasteiger partial charge in [-0.05, 0) is 109 Å². The van der Waals surface area contributed by atoms with Crippen LogP contribution in [0.15, 0.2) is 48.6 Å². The van der Waals surface area contributed by atoms with E-state index in [-0.39, 0.29) is 25.7 Å². The van der Waals surface area contributed by atoms with Gasteiger partial charge in [-0.15, -0.1) is 0 Å². The fourth-order valence-electron chi connectivity index (χ4n) is 11.5. The molecule has 100 heavy (non-hydrogen) atoms. The first-order valence-corrected chi connectivity index (χ1v) is 43.9. The fourth-order valence-corrected chi connectivity index (χ4v) is 13.1. The second-order valence-corrected chi connectivity index (χ2v) is 30.6. The Labute approximate surface area is 610 Å².